The Bertz CT molecular complexity index is 458. The first-order valence-corrected chi connectivity index (χ1v) is 5.71. The van der Waals surface area contributed by atoms with Crippen molar-refractivity contribution in [2.45, 2.75) is 18.9 Å². The van der Waals surface area contributed by atoms with Crippen LogP contribution >= 0.6 is 12.4 Å². The van der Waals surface area contributed by atoms with Gasteiger partial charge in [-0.2, -0.15) is 0 Å². The van der Waals surface area contributed by atoms with E-state index in [1.54, 1.807) is 0 Å². The zero-order valence-electron chi connectivity index (χ0n) is 9.23. The van der Waals surface area contributed by atoms with Crippen LogP contribution in [0.25, 0.3) is 10.9 Å². The van der Waals surface area contributed by atoms with Gasteiger partial charge in [-0.3, -0.25) is 0 Å². The van der Waals surface area contributed by atoms with E-state index in [9.17, 15) is 0 Å². The average molecular weight is 237 g/mol. The smallest absolute Gasteiger partial charge is 0.0482 e. The number of piperidine rings is 1. The number of fused-ring (bicyclic) bond motifs is 1. The van der Waals surface area contributed by atoms with E-state index in [0.717, 1.165) is 13.1 Å². The van der Waals surface area contributed by atoms with Crippen molar-refractivity contribution in [1.29, 1.82) is 0 Å². The van der Waals surface area contributed by atoms with E-state index in [0.29, 0.717) is 6.04 Å². The molecule has 16 heavy (non-hydrogen) atoms. The van der Waals surface area contributed by atoms with Crippen molar-refractivity contribution in [1.82, 2.24) is 9.88 Å². The molecule has 0 saturated carbocycles. The predicted octanol–water partition coefficient (Wildman–Crippen LogP) is 2.99. The van der Waals surface area contributed by atoms with Gasteiger partial charge in [-0.05, 0) is 43.5 Å². The molecular formula is C13H17ClN2. The lowest BCUT2D eigenvalue weighted by Gasteiger charge is -2.25. The highest BCUT2D eigenvalue weighted by Crippen LogP contribution is 2.25. The second kappa shape index (κ2) is 4.89. The van der Waals surface area contributed by atoms with Crippen LogP contribution in [0.5, 0.6) is 0 Å². The fourth-order valence-corrected chi connectivity index (χ4v) is 2.51. The lowest BCUT2D eigenvalue weighted by molar-refractivity contribution is 0.376. The van der Waals surface area contributed by atoms with E-state index in [1.165, 1.54) is 23.7 Å². The molecule has 2 nitrogen and oxygen atoms in total. The first-order chi connectivity index (χ1) is 7.45. The first kappa shape index (κ1) is 11.5. The lowest BCUT2D eigenvalue weighted by Crippen LogP contribution is -2.29. The molecule has 0 amide bonds. The highest BCUT2D eigenvalue weighted by molar-refractivity contribution is 5.85. The van der Waals surface area contributed by atoms with Gasteiger partial charge in [0.15, 0.2) is 0 Å². The molecule has 0 atom stereocenters. The average Bonchev–Trinajstić information content (AvgIpc) is 2.74. The molecule has 3 heteroatoms. The number of nitrogens with zero attached hydrogens (tertiary/aromatic N) is 1. The summed E-state index contributed by atoms with van der Waals surface area (Å²) >= 11 is 0. The molecule has 1 fully saturated rings. The standard InChI is InChI=1S/C13H16N2.ClH/c1-2-4-13-11(3-1)7-10-15(13)12-5-8-14-9-6-12;/h1-4,7,10,12,14H,5-6,8-9H2;1H. The van der Waals surface area contributed by atoms with Gasteiger partial charge in [-0.15, -0.1) is 12.4 Å². The normalized spacial score (nSPS) is 17.2. The van der Waals surface area contributed by atoms with Crippen LogP contribution in [0.15, 0.2) is 36.5 Å². The van der Waals surface area contributed by atoms with Gasteiger partial charge in [0.05, 0.1) is 0 Å². The van der Waals surface area contributed by atoms with Crippen molar-refractivity contribution < 1.29 is 0 Å². The maximum Gasteiger partial charge on any atom is 0.0482 e. The summed E-state index contributed by atoms with van der Waals surface area (Å²) in [6.07, 6.45) is 4.73. The van der Waals surface area contributed by atoms with Gasteiger partial charge in [-0.25, -0.2) is 0 Å². The molecule has 1 aromatic heterocycles. The fourth-order valence-electron chi connectivity index (χ4n) is 2.51. The quantitative estimate of drug-likeness (QED) is 0.806. The largest absolute Gasteiger partial charge is 0.344 e. The Balaban J connectivity index is 0.000000963. The number of hydrogen-bond donors (Lipinski definition) is 1. The topological polar surface area (TPSA) is 17.0 Å². The Kier molecular flexibility index (Phi) is 3.52. The molecule has 0 radical (unpaired) electrons. The van der Waals surface area contributed by atoms with Crippen LogP contribution in [-0.4, -0.2) is 17.7 Å². The number of aromatic nitrogens is 1. The number of rotatable bonds is 1. The van der Waals surface area contributed by atoms with Crippen LogP contribution in [0, 0.1) is 0 Å². The predicted molar refractivity (Wildman–Crippen MR) is 70.3 cm³/mol. The third-order valence-electron chi connectivity index (χ3n) is 3.33. The van der Waals surface area contributed by atoms with Crippen LogP contribution in [0.1, 0.15) is 18.9 Å². The molecule has 1 aliphatic heterocycles. The van der Waals surface area contributed by atoms with E-state index < -0.39 is 0 Å². The minimum Gasteiger partial charge on any atom is -0.344 e. The van der Waals surface area contributed by atoms with Crippen molar-refractivity contribution in [2.75, 3.05) is 13.1 Å². The van der Waals surface area contributed by atoms with Crippen LogP contribution in [0.2, 0.25) is 0 Å². The summed E-state index contributed by atoms with van der Waals surface area (Å²) in [5, 5.41) is 4.77. The Morgan fingerprint density at radius 3 is 2.62 bits per heavy atom. The van der Waals surface area contributed by atoms with Gasteiger partial charge in [0, 0.05) is 17.8 Å². The minimum absolute atomic E-state index is 0. The highest BCUT2D eigenvalue weighted by Gasteiger charge is 2.15. The summed E-state index contributed by atoms with van der Waals surface area (Å²) in [5.41, 5.74) is 1.38. The summed E-state index contributed by atoms with van der Waals surface area (Å²) in [6, 6.07) is 11.5. The van der Waals surface area contributed by atoms with Crippen molar-refractivity contribution >= 4 is 23.3 Å². The summed E-state index contributed by atoms with van der Waals surface area (Å²) in [4.78, 5) is 0. The molecule has 2 heterocycles. The van der Waals surface area contributed by atoms with Gasteiger partial charge in [0.2, 0.25) is 0 Å². The highest BCUT2D eigenvalue weighted by atomic mass is 35.5. The van der Waals surface area contributed by atoms with Crippen molar-refractivity contribution in [3.63, 3.8) is 0 Å². The van der Waals surface area contributed by atoms with E-state index in [1.807, 2.05) is 0 Å². The van der Waals surface area contributed by atoms with E-state index in [-0.39, 0.29) is 12.4 Å². The minimum atomic E-state index is 0. The maximum absolute atomic E-state index is 3.41. The Hall–Kier alpha value is -0.990. The van der Waals surface area contributed by atoms with Gasteiger partial charge in [-0.1, -0.05) is 18.2 Å². The molecule has 1 aliphatic rings. The molecule has 0 spiro atoms. The summed E-state index contributed by atoms with van der Waals surface area (Å²) in [7, 11) is 0. The molecule has 0 unspecified atom stereocenters. The van der Waals surface area contributed by atoms with Crippen LogP contribution in [0.3, 0.4) is 0 Å². The summed E-state index contributed by atoms with van der Waals surface area (Å²) in [6.45, 7) is 2.30. The maximum atomic E-state index is 3.41. The summed E-state index contributed by atoms with van der Waals surface area (Å²) < 4.78 is 2.44. The number of benzene rings is 1. The molecule has 1 saturated heterocycles. The Morgan fingerprint density at radius 1 is 1.06 bits per heavy atom. The number of nitrogens with one attached hydrogen (secondary N) is 1. The molecule has 86 valence electrons. The second-order valence-corrected chi connectivity index (χ2v) is 4.26. The second-order valence-electron chi connectivity index (χ2n) is 4.26. The third kappa shape index (κ3) is 1.95. The monoisotopic (exact) mass is 236 g/mol. The molecular weight excluding hydrogens is 220 g/mol. The van der Waals surface area contributed by atoms with Crippen LogP contribution in [-0.2, 0) is 0 Å². The van der Waals surface area contributed by atoms with Gasteiger partial charge in [0.1, 0.15) is 0 Å². The molecule has 3 rings (SSSR count). The van der Waals surface area contributed by atoms with Crippen LogP contribution < -0.4 is 5.32 Å². The Morgan fingerprint density at radius 2 is 1.81 bits per heavy atom. The van der Waals surface area contributed by atoms with Gasteiger partial charge >= 0.3 is 0 Å². The molecule has 1 aromatic carbocycles. The SMILES string of the molecule is Cl.c1ccc2c(c1)ccn2C1CCNCC1. The zero-order chi connectivity index (χ0) is 10.1. The van der Waals surface area contributed by atoms with E-state index >= 15 is 0 Å². The van der Waals surface area contributed by atoms with Gasteiger partial charge < -0.3 is 9.88 Å². The van der Waals surface area contributed by atoms with Crippen molar-refractivity contribution in [3.05, 3.63) is 36.5 Å². The van der Waals surface area contributed by atoms with Crippen molar-refractivity contribution in [2.24, 2.45) is 0 Å². The zero-order valence-corrected chi connectivity index (χ0v) is 10.0. The van der Waals surface area contributed by atoms with E-state index in [2.05, 4.69) is 46.4 Å². The number of halogens is 1. The Labute approximate surface area is 102 Å². The lowest BCUT2D eigenvalue weighted by atomic mass is 10.1. The molecule has 0 aliphatic carbocycles. The third-order valence-corrected chi connectivity index (χ3v) is 3.33. The van der Waals surface area contributed by atoms with Crippen LogP contribution in [0.4, 0.5) is 0 Å². The number of hydrogen-bond acceptors (Lipinski definition) is 1. The van der Waals surface area contributed by atoms with Gasteiger partial charge in [0.25, 0.3) is 0 Å². The summed E-state index contributed by atoms with van der Waals surface area (Å²) in [5.74, 6) is 0. The molecule has 2 aromatic rings. The fraction of sp³-hybridized carbons (Fsp3) is 0.385. The first-order valence-electron chi connectivity index (χ1n) is 5.71. The molecule has 0 bridgehead atoms. The molecule has 1 N–H and O–H groups in total. The number of para-hydroxylation sites is 1. The van der Waals surface area contributed by atoms with E-state index in [4.69, 9.17) is 0 Å². The van der Waals surface area contributed by atoms with Crippen molar-refractivity contribution in [3.8, 4) is 0 Å².